The summed E-state index contributed by atoms with van der Waals surface area (Å²) in [5.41, 5.74) is 0.0890. The number of carbonyl (C=O) groups excluding carboxylic acids is 1. The van der Waals surface area contributed by atoms with Crippen LogP contribution < -0.4 is 5.32 Å². The van der Waals surface area contributed by atoms with Crippen LogP contribution in [0.2, 0.25) is 0 Å². The lowest BCUT2D eigenvalue weighted by molar-refractivity contribution is -0.140. The van der Waals surface area contributed by atoms with Crippen LogP contribution in [0.5, 0.6) is 0 Å². The maximum atomic E-state index is 12.0. The zero-order chi connectivity index (χ0) is 15.6. The molecule has 142 valence electrons. The molecule has 1 N–H and O–H groups in total. The van der Waals surface area contributed by atoms with Gasteiger partial charge in [-0.25, -0.2) is 0 Å². The van der Waals surface area contributed by atoms with Gasteiger partial charge in [-0.05, 0) is 52.1 Å². The van der Waals surface area contributed by atoms with Gasteiger partial charge in [0.1, 0.15) is 0 Å². The Kier molecular flexibility index (Phi) is 8.77. The molecule has 24 heavy (non-hydrogen) atoms. The number of carbonyl (C=O) groups is 1. The second-order valence-electron chi connectivity index (χ2n) is 7.56. The molecule has 3 aliphatic rings. The average molecular weight is 382 g/mol. The van der Waals surface area contributed by atoms with Gasteiger partial charge in [0.25, 0.3) is 0 Å². The summed E-state index contributed by atoms with van der Waals surface area (Å²) in [4.78, 5) is 16.7. The predicted molar refractivity (Wildman–Crippen MR) is 101 cm³/mol. The third-order valence-corrected chi connectivity index (χ3v) is 5.52. The van der Waals surface area contributed by atoms with Gasteiger partial charge in [0.2, 0.25) is 5.91 Å². The molecule has 1 spiro atoms. The number of nitrogens with one attached hydrogen (secondary N) is 1. The average Bonchev–Trinajstić information content (AvgIpc) is 2.50. The van der Waals surface area contributed by atoms with Crippen molar-refractivity contribution >= 4 is 30.7 Å². The van der Waals surface area contributed by atoms with E-state index in [9.17, 15) is 4.79 Å². The van der Waals surface area contributed by atoms with Crippen LogP contribution >= 0.6 is 24.8 Å². The number of morpholine rings is 1. The summed E-state index contributed by atoms with van der Waals surface area (Å²) in [5, 5.41) is 3.43. The van der Waals surface area contributed by atoms with Gasteiger partial charge in [0, 0.05) is 38.6 Å². The summed E-state index contributed by atoms with van der Waals surface area (Å²) in [7, 11) is 0. The van der Waals surface area contributed by atoms with Crippen LogP contribution in [0, 0.1) is 5.92 Å². The summed E-state index contributed by atoms with van der Waals surface area (Å²) in [5.74, 6) is 0.958. The third kappa shape index (κ3) is 5.21. The van der Waals surface area contributed by atoms with Crippen molar-refractivity contribution < 1.29 is 9.53 Å². The molecule has 0 aromatic heterocycles. The van der Waals surface area contributed by atoms with Crippen LogP contribution in [0.4, 0.5) is 0 Å². The SMILES string of the molecule is CC(C)N1CC(CN2CCOC3(CCNCC3)C2)CCC1=O.Cl.Cl. The molecule has 0 radical (unpaired) electrons. The van der Waals surface area contributed by atoms with E-state index in [1.54, 1.807) is 0 Å². The molecule has 0 aliphatic carbocycles. The molecule has 7 heteroatoms. The number of rotatable bonds is 3. The number of ether oxygens (including phenoxy) is 1. The molecule has 1 atom stereocenters. The Hall–Kier alpha value is -0.0700. The normalized spacial score (nSPS) is 27.7. The molecule has 0 saturated carbocycles. The van der Waals surface area contributed by atoms with E-state index in [0.29, 0.717) is 17.9 Å². The molecule has 0 aromatic rings. The molecular weight excluding hydrogens is 349 g/mol. The summed E-state index contributed by atoms with van der Waals surface area (Å²) in [6, 6.07) is 0.329. The van der Waals surface area contributed by atoms with Crippen molar-refractivity contribution in [3.63, 3.8) is 0 Å². The lowest BCUT2D eigenvalue weighted by Gasteiger charge is -2.46. The van der Waals surface area contributed by atoms with Crippen molar-refractivity contribution in [3.05, 3.63) is 0 Å². The minimum atomic E-state index is 0. The largest absolute Gasteiger partial charge is 0.372 e. The van der Waals surface area contributed by atoms with Crippen LogP contribution in [0.1, 0.15) is 39.5 Å². The molecule has 0 aromatic carbocycles. The minimum absolute atomic E-state index is 0. The fourth-order valence-corrected chi connectivity index (χ4v) is 4.22. The summed E-state index contributed by atoms with van der Waals surface area (Å²) in [6.45, 7) is 11.4. The van der Waals surface area contributed by atoms with E-state index in [0.717, 1.165) is 71.6 Å². The van der Waals surface area contributed by atoms with Gasteiger partial charge in [0.05, 0.1) is 12.2 Å². The molecule has 0 bridgehead atoms. The molecule has 3 saturated heterocycles. The predicted octanol–water partition coefficient (Wildman–Crippen LogP) is 1.93. The number of piperidine rings is 2. The van der Waals surface area contributed by atoms with Crippen LogP contribution in [0.25, 0.3) is 0 Å². The summed E-state index contributed by atoms with van der Waals surface area (Å²) >= 11 is 0. The zero-order valence-corrected chi connectivity index (χ0v) is 16.6. The van der Waals surface area contributed by atoms with Gasteiger partial charge in [-0.1, -0.05) is 0 Å². The maximum Gasteiger partial charge on any atom is 0.222 e. The highest BCUT2D eigenvalue weighted by Crippen LogP contribution is 2.29. The maximum absolute atomic E-state index is 12.0. The number of halogens is 2. The Morgan fingerprint density at radius 1 is 1.29 bits per heavy atom. The molecule has 3 rings (SSSR count). The number of hydrogen-bond donors (Lipinski definition) is 1. The summed E-state index contributed by atoms with van der Waals surface area (Å²) < 4.78 is 6.16. The topological polar surface area (TPSA) is 44.8 Å². The highest BCUT2D eigenvalue weighted by atomic mass is 35.5. The lowest BCUT2D eigenvalue weighted by Crippen LogP contribution is -2.57. The third-order valence-electron chi connectivity index (χ3n) is 5.52. The van der Waals surface area contributed by atoms with E-state index in [2.05, 4.69) is 29.0 Å². The first-order valence-electron chi connectivity index (χ1n) is 8.94. The molecule has 3 fully saturated rings. The van der Waals surface area contributed by atoms with Gasteiger partial charge in [-0.15, -0.1) is 24.8 Å². The quantitative estimate of drug-likeness (QED) is 0.810. The standard InChI is InChI=1S/C17H31N3O2.2ClH/c1-14(2)20-12-15(3-4-16(20)21)11-19-9-10-22-17(13-19)5-7-18-8-6-17;;/h14-15,18H,3-13H2,1-2H3;2*1H. The number of hydrogen-bond acceptors (Lipinski definition) is 4. The van der Waals surface area contributed by atoms with Crippen molar-refractivity contribution in [2.45, 2.75) is 51.2 Å². The van der Waals surface area contributed by atoms with E-state index in [-0.39, 0.29) is 30.4 Å². The first kappa shape index (κ1) is 22.0. The van der Waals surface area contributed by atoms with E-state index in [4.69, 9.17) is 4.74 Å². The Morgan fingerprint density at radius 2 is 2.00 bits per heavy atom. The van der Waals surface area contributed by atoms with E-state index >= 15 is 0 Å². The highest BCUT2D eigenvalue weighted by Gasteiger charge is 2.38. The van der Waals surface area contributed by atoms with E-state index in [1.807, 2.05) is 0 Å². The number of nitrogens with zero attached hydrogens (tertiary/aromatic N) is 2. The minimum Gasteiger partial charge on any atom is -0.372 e. The van der Waals surface area contributed by atoms with Gasteiger partial charge in [-0.3, -0.25) is 9.69 Å². The fraction of sp³-hybridized carbons (Fsp3) is 0.941. The molecular formula is C17H33Cl2N3O2. The Morgan fingerprint density at radius 3 is 2.67 bits per heavy atom. The fourth-order valence-electron chi connectivity index (χ4n) is 4.22. The van der Waals surface area contributed by atoms with Crippen molar-refractivity contribution in [2.24, 2.45) is 5.92 Å². The second kappa shape index (κ2) is 9.58. The second-order valence-corrected chi connectivity index (χ2v) is 7.56. The van der Waals surface area contributed by atoms with Gasteiger partial charge in [0.15, 0.2) is 0 Å². The lowest BCUT2D eigenvalue weighted by atomic mass is 9.89. The van der Waals surface area contributed by atoms with Gasteiger partial charge >= 0.3 is 0 Å². The van der Waals surface area contributed by atoms with Crippen molar-refractivity contribution in [1.82, 2.24) is 15.1 Å². The van der Waals surface area contributed by atoms with Crippen molar-refractivity contribution in [2.75, 3.05) is 45.9 Å². The monoisotopic (exact) mass is 381 g/mol. The number of likely N-dealkylation sites (tertiary alicyclic amines) is 1. The van der Waals surface area contributed by atoms with Gasteiger partial charge in [-0.2, -0.15) is 0 Å². The van der Waals surface area contributed by atoms with Gasteiger partial charge < -0.3 is 15.0 Å². The molecule has 1 amide bonds. The van der Waals surface area contributed by atoms with Crippen LogP contribution in [-0.4, -0.2) is 73.2 Å². The highest BCUT2D eigenvalue weighted by molar-refractivity contribution is 5.85. The first-order chi connectivity index (χ1) is 10.6. The van der Waals surface area contributed by atoms with Crippen molar-refractivity contribution in [1.29, 1.82) is 0 Å². The first-order valence-corrected chi connectivity index (χ1v) is 8.94. The Labute approximate surface area is 158 Å². The molecule has 3 aliphatic heterocycles. The molecule has 5 nitrogen and oxygen atoms in total. The van der Waals surface area contributed by atoms with E-state index in [1.165, 1.54) is 0 Å². The number of amides is 1. The van der Waals surface area contributed by atoms with Crippen molar-refractivity contribution in [3.8, 4) is 0 Å². The zero-order valence-electron chi connectivity index (χ0n) is 15.0. The van der Waals surface area contributed by atoms with Crippen LogP contribution in [0.15, 0.2) is 0 Å². The summed E-state index contributed by atoms with van der Waals surface area (Å²) in [6.07, 6.45) is 4.03. The Balaban J connectivity index is 0.00000144. The molecule has 1 unspecified atom stereocenters. The smallest absolute Gasteiger partial charge is 0.222 e. The van der Waals surface area contributed by atoms with Crippen LogP contribution in [-0.2, 0) is 9.53 Å². The molecule has 3 heterocycles. The Bertz CT molecular complexity index is 398. The van der Waals surface area contributed by atoms with Crippen LogP contribution in [0.3, 0.4) is 0 Å². The van der Waals surface area contributed by atoms with E-state index < -0.39 is 0 Å².